The summed E-state index contributed by atoms with van der Waals surface area (Å²) in [5.74, 6) is -3.10. The SMILES string of the molecule is N#Cc1cc(-c2ccc(C(=O)O)c(O)c2)c2cc(C(F)(F)F)oc2c1. The van der Waals surface area contributed by atoms with Crippen molar-refractivity contribution in [1.29, 1.82) is 5.26 Å². The lowest BCUT2D eigenvalue weighted by Gasteiger charge is -2.06. The van der Waals surface area contributed by atoms with E-state index in [0.717, 1.165) is 18.2 Å². The smallest absolute Gasteiger partial charge is 0.449 e. The Kier molecular flexibility index (Phi) is 3.64. The highest BCUT2D eigenvalue weighted by Gasteiger charge is 2.35. The number of carbonyl (C=O) groups is 1. The van der Waals surface area contributed by atoms with E-state index >= 15 is 0 Å². The van der Waals surface area contributed by atoms with Gasteiger partial charge >= 0.3 is 12.1 Å². The molecule has 3 rings (SSSR count). The Balaban J connectivity index is 2.28. The minimum absolute atomic E-state index is 0.0624. The van der Waals surface area contributed by atoms with Gasteiger partial charge in [-0.3, -0.25) is 0 Å². The molecule has 0 bridgehead atoms. The Morgan fingerprint density at radius 2 is 1.88 bits per heavy atom. The second-order valence-electron chi connectivity index (χ2n) is 5.19. The first-order chi connectivity index (χ1) is 11.7. The van der Waals surface area contributed by atoms with Crippen molar-refractivity contribution in [1.82, 2.24) is 0 Å². The Morgan fingerprint density at radius 1 is 1.16 bits per heavy atom. The normalized spacial score (nSPS) is 11.4. The van der Waals surface area contributed by atoms with Crippen LogP contribution in [0.25, 0.3) is 22.1 Å². The van der Waals surface area contributed by atoms with E-state index in [2.05, 4.69) is 0 Å². The predicted molar refractivity (Wildman–Crippen MR) is 80.0 cm³/mol. The van der Waals surface area contributed by atoms with E-state index in [0.29, 0.717) is 0 Å². The molecule has 0 fully saturated rings. The topological polar surface area (TPSA) is 94.5 Å². The molecule has 5 nitrogen and oxygen atoms in total. The molecule has 0 amide bonds. The van der Waals surface area contributed by atoms with Gasteiger partial charge in [0.25, 0.3) is 0 Å². The molecule has 3 aromatic rings. The van der Waals surface area contributed by atoms with Crippen LogP contribution < -0.4 is 0 Å². The number of halogens is 3. The monoisotopic (exact) mass is 347 g/mol. The highest BCUT2D eigenvalue weighted by atomic mass is 19.4. The number of carboxylic acids is 1. The lowest BCUT2D eigenvalue weighted by molar-refractivity contribution is -0.152. The molecule has 0 aliphatic rings. The molecule has 0 aliphatic heterocycles. The number of hydrogen-bond donors (Lipinski definition) is 2. The van der Waals surface area contributed by atoms with Gasteiger partial charge in [-0.1, -0.05) is 6.07 Å². The molecule has 8 heteroatoms. The number of aromatic hydroxyl groups is 1. The van der Waals surface area contributed by atoms with Gasteiger partial charge in [0.1, 0.15) is 16.9 Å². The van der Waals surface area contributed by atoms with Gasteiger partial charge in [0.05, 0.1) is 11.6 Å². The quantitative estimate of drug-likeness (QED) is 0.717. The molecule has 0 saturated heterocycles. The summed E-state index contributed by atoms with van der Waals surface area (Å²) in [4.78, 5) is 11.0. The largest absolute Gasteiger partial charge is 0.507 e. The molecular formula is C17H8F3NO4. The van der Waals surface area contributed by atoms with Crippen molar-refractivity contribution in [2.24, 2.45) is 0 Å². The molecule has 25 heavy (non-hydrogen) atoms. The van der Waals surface area contributed by atoms with Crippen LogP contribution in [0, 0.1) is 11.3 Å². The summed E-state index contributed by atoms with van der Waals surface area (Å²) in [7, 11) is 0. The highest BCUT2D eigenvalue weighted by molar-refractivity contribution is 5.97. The zero-order valence-corrected chi connectivity index (χ0v) is 12.3. The molecule has 0 aliphatic carbocycles. The van der Waals surface area contributed by atoms with E-state index in [-0.39, 0.29) is 33.2 Å². The van der Waals surface area contributed by atoms with Crippen LogP contribution in [-0.4, -0.2) is 16.2 Å². The van der Waals surface area contributed by atoms with E-state index in [1.807, 2.05) is 6.07 Å². The Labute approximate surface area is 138 Å². The van der Waals surface area contributed by atoms with Crippen molar-refractivity contribution < 1.29 is 32.6 Å². The Hall–Kier alpha value is -3.47. The zero-order chi connectivity index (χ0) is 18.4. The van der Waals surface area contributed by atoms with Crippen molar-refractivity contribution in [2.75, 3.05) is 0 Å². The van der Waals surface area contributed by atoms with E-state index in [4.69, 9.17) is 14.8 Å². The first-order valence-electron chi connectivity index (χ1n) is 6.82. The summed E-state index contributed by atoms with van der Waals surface area (Å²) in [5, 5.41) is 27.9. The summed E-state index contributed by atoms with van der Waals surface area (Å²) in [6.45, 7) is 0. The lowest BCUT2D eigenvalue weighted by atomic mass is 9.98. The van der Waals surface area contributed by atoms with Gasteiger partial charge in [-0.2, -0.15) is 18.4 Å². The van der Waals surface area contributed by atoms with E-state index in [1.165, 1.54) is 18.2 Å². The van der Waals surface area contributed by atoms with Gasteiger partial charge in [-0.25, -0.2) is 4.79 Å². The second-order valence-corrected chi connectivity index (χ2v) is 5.19. The maximum Gasteiger partial charge on any atom is 0.449 e. The standard InChI is InChI=1S/C17H8F3NO4/c18-17(19,20)15-6-12-11(3-8(7-21)4-14(12)25-15)9-1-2-10(16(23)24)13(22)5-9/h1-6,22H,(H,23,24). The number of rotatable bonds is 2. The third kappa shape index (κ3) is 2.87. The molecule has 1 aromatic heterocycles. The maximum absolute atomic E-state index is 12.9. The van der Waals surface area contributed by atoms with Crippen molar-refractivity contribution in [3.63, 3.8) is 0 Å². The third-order valence-corrected chi connectivity index (χ3v) is 3.59. The maximum atomic E-state index is 12.9. The predicted octanol–water partition coefficient (Wildman–Crippen LogP) is 4.39. The molecule has 0 spiro atoms. The van der Waals surface area contributed by atoms with Crippen LogP contribution in [0.2, 0.25) is 0 Å². The van der Waals surface area contributed by atoms with Crippen LogP contribution in [0.3, 0.4) is 0 Å². The number of nitrogens with zero attached hydrogens (tertiary/aromatic N) is 1. The average molecular weight is 347 g/mol. The molecule has 0 radical (unpaired) electrons. The second kappa shape index (κ2) is 5.56. The molecule has 1 heterocycles. The Bertz CT molecular complexity index is 1040. The Morgan fingerprint density at radius 3 is 2.44 bits per heavy atom. The first kappa shape index (κ1) is 16.4. The van der Waals surface area contributed by atoms with Crippen LogP contribution in [0.1, 0.15) is 21.7 Å². The van der Waals surface area contributed by atoms with E-state index in [1.54, 1.807) is 0 Å². The summed E-state index contributed by atoms with van der Waals surface area (Å²) in [5.41, 5.74) is 0.0369. The van der Waals surface area contributed by atoms with Crippen LogP contribution in [-0.2, 0) is 6.18 Å². The first-order valence-corrected chi connectivity index (χ1v) is 6.82. The highest BCUT2D eigenvalue weighted by Crippen LogP contribution is 2.39. The number of furan rings is 1. The third-order valence-electron chi connectivity index (χ3n) is 3.59. The molecule has 126 valence electrons. The summed E-state index contributed by atoms with van der Waals surface area (Å²) in [6, 6.07) is 8.71. The van der Waals surface area contributed by atoms with Crippen LogP contribution in [0.5, 0.6) is 5.75 Å². The molecule has 0 unspecified atom stereocenters. The summed E-state index contributed by atoms with van der Waals surface area (Å²) in [6.07, 6.45) is -4.70. The minimum Gasteiger partial charge on any atom is -0.507 e. The van der Waals surface area contributed by atoms with Crippen molar-refractivity contribution in [2.45, 2.75) is 6.18 Å². The molecule has 2 aromatic carbocycles. The number of hydrogen-bond acceptors (Lipinski definition) is 4. The van der Waals surface area contributed by atoms with E-state index < -0.39 is 23.7 Å². The zero-order valence-electron chi connectivity index (χ0n) is 12.3. The molecule has 0 saturated carbocycles. The average Bonchev–Trinajstić information content (AvgIpc) is 2.97. The molecular weight excluding hydrogens is 339 g/mol. The number of nitriles is 1. The minimum atomic E-state index is -4.70. The van der Waals surface area contributed by atoms with Gasteiger partial charge in [0.15, 0.2) is 0 Å². The fourth-order valence-corrected chi connectivity index (χ4v) is 2.46. The van der Waals surface area contributed by atoms with Gasteiger partial charge in [0.2, 0.25) is 5.76 Å². The number of aromatic carboxylic acids is 1. The fraction of sp³-hybridized carbons (Fsp3) is 0.0588. The number of alkyl halides is 3. The van der Waals surface area contributed by atoms with Crippen molar-refractivity contribution >= 4 is 16.9 Å². The van der Waals surface area contributed by atoms with Gasteiger partial charge in [-0.15, -0.1) is 0 Å². The number of carboxylic acid groups (broad SMARTS) is 1. The van der Waals surface area contributed by atoms with Crippen molar-refractivity contribution in [3.05, 3.63) is 53.3 Å². The fourth-order valence-electron chi connectivity index (χ4n) is 2.46. The number of fused-ring (bicyclic) bond motifs is 1. The van der Waals surface area contributed by atoms with Crippen LogP contribution in [0.4, 0.5) is 13.2 Å². The number of benzene rings is 2. The van der Waals surface area contributed by atoms with Crippen LogP contribution in [0.15, 0.2) is 40.8 Å². The number of phenols is 1. The summed E-state index contributed by atoms with van der Waals surface area (Å²) < 4.78 is 43.5. The summed E-state index contributed by atoms with van der Waals surface area (Å²) >= 11 is 0. The van der Waals surface area contributed by atoms with Crippen molar-refractivity contribution in [3.8, 4) is 22.9 Å². The molecule has 2 N–H and O–H groups in total. The van der Waals surface area contributed by atoms with Gasteiger partial charge in [0, 0.05) is 5.39 Å². The molecule has 0 atom stereocenters. The van der Waals surface area contributed by atoms with E-state index in [9.17, 15) is 23.1 Å². The lowest BCUT2D eigenvalue weighted by Crippen LogP contribution is -2.01. The van der Waals surface area contributed by atoms with Gasteiger partial charge in [-0.05, 0) is 41.5 Å². The van der Waals surface area contributed by atoms with Crippen LogP contribution >= 0.6 is 0 Å². The van der Waals surface area contributed by atoms with Gasteiger partial charge < -0.3 is 14.6 Å².